The van der Waals surface area contributed by atoms with Gasteiger partial charge in [0.15, 0.2) is 5.96 Å². The van der Waals surface area contributed by atoms with Crippen LogP contribution in [0.4, 0.5) is 0 Å². The van der Waals surface area contributed by atoms with Crippen LogP contribution in [0.1, 0.15) is 42.5 Å². The third kappa shape index (κ3) is 6.76. The molecule has 2 aromatic heterocycles. The molecule has 0 saturated carbocycles. The smallest absolute Gasteiger partial charge is 0.191 e. The van der Waals surface area contributed by atoms with Crippen molar-refractivity contribution in [3.05, 3.63) is 34.0 Å². The number of nitrogens with one attached hydrogen (secondary N) is 2. The third-order valence-electron chi connectivity index (χ3n) is 3.48. The van der Waals surface area contributed by atoms with E-state index in [1.807, 2.05) is 17.9 Å². The molecular formula is C16H27IN6S. The lowest BCUT2D eigenvalue weighted by molar-refractivity contribution is 0.736. The largest absolute Gasteiger partial charge is 0.356 e. The van der Waals surface area contributed by atoms with Crippen LogP contribution in [0.2, 0.25) is 0 Å². The number of thiazole rings is 1. The number of hydrogen-bond acceptors (Lipinski definition) is 4. The van der Waals surface area contributed by atoms with Crippen LogP contribution in [-0.4, -0.2) is 34.3 Å². The minimum absolute atomic E-state index is 0. The second-order valence-corrected chi connectivity index (χ2v) is 6.74. The summed E-state index contributed by atoms with van der Waals surface area (Å²) in [6, 6.07) is 0. The van der Waals surface area contributed by atoms with Crippen LogP contribution >= 0.6 is 35.3 Å². The van der Waals surface area contributed by atoms with E-state index in [0.717, 1.165) is 36.0 Å². The Morgan fingerprint density at radius 2 is 2.17 bits per heavy atom. The van der Waals surface area contributed by atoms with E-state index in [-0.39, 0.29) is 24.0 Å². The van der Waals surface area contributed by atoms with Gasteiger partial charge in [0.1, 0.15) is 5.01 Å². The van der Waals surface area contributed by atoms with Crippen LogP contribution in [0.15, 0.2) is 22.8 Å². The summed E-state index contributed by atoms with van der Waals surface area (Å²) < 4.78 is 1.84. The van der Waals surface area contributed by atoms with E-state index in [9.17, 15) is 0 Å². The van der Waals surface area contributed by atoms with Crippen molar-refractivity contribution in [1.29, 1.82) is 0 Å². The number of nitrogens with zero attached hydrogens (tertiary/aromatic N) is 4. The van der Waals surface area contributed by atoms with Gasteiger partial charge in [-0.25, -0.2) is 4.98 Å². The third-order valence-corrected chi connectivity index (χ3v) is 4.35. The predicted octanol–water partition coefficient (Wildman–Crippen LogP) is 2.92. The van der Waals surface area contributed by atoms with Crippen molar-refractivity contribution in [2.45, 2.75) is 39.2 Å². The number of aryl methyl sites for hydroxylation is 2. The summed E-state index contributed by atoms with van der Waals surface area (Å²) in [5.74, 6) is 1.29. The lowest BCUT2D eigenvalue weighted by atomic mass is 10.2. The minimum Gasteiger partial charge on any atom is -0.356 e. The van der Waals surface area contributed by atoms with Gasteiger partial charge in [-0.2, -0.15) is 5.10 Å². The first-order valence-corrected chi connectivity index (χ1v) is 8.82. The Balaban J connectivity index is 0.00000288. The second kappa shape index (κ2) is 10.7. The molecule has 0 amide bonds. The van der Waals surface area contributed by atoms with Gasteiger partial charge in [-0.1, -0.05) is 13.8 Å². The van der Waals surface area contributed by atoms with E-state index in [2.05, 4.69) is 51.1 Å². The van der Waals surface area contributed by atoms with Crippen molar-refractivity contribution in [3.63, 3.8) is 0 Å². The first-order valence-electron chi connectivity index (χ1n) is 7.95. The number of halogens is 1. The zero-order valence-electron chi connectivity index (χ0n) is 14.7. The molecule has 2 N–H and O–H groups in total. The van der Waals surface area contributed by atoms with Crippen LogP contribution in [0, 0.1) is 0 Å². The van der Waals surface area contributed by atoms with Crippen LogP contribution in [0.25, 0.3) is 0 Å². The highest BCUT2D eigenvalue weighted by molar-refractivity contribution is 14.0. The number of guanidine groups is 1. The van der Waals surface area contributed by atoms with Crippen molar-refractivity contribution in [2.75, 3.05) is 13.6 Å². The summed E-state index contributed by atoms with van der Waals surface area (Å²) in [4.78, 5) is 8.87. The van der Waals surface area contributed by atoms with E-state index in [0.29, 0.717) is 12.5 Å². The van der Waals surface area contributed by atoms with Gasteiger partial charge in [0.2, 0.25) is 0 Å². The van der Waals surface area contributed by atoms with Gasteiger partial charge in [0.05, 0.1) is 18.4 Å². The molecule has 0 aliphatic rings. The normalized spacial score (nSPS) is 11.5. The van der Waals surface area contributed by atoms with Crippen molar-refractivity contribution in [1.82, 2.24) is 25.4 Å². The minimum atomic E-state index is 0. The molecule has 0 saturated heterocycles. The molecule has 2 heterocycles. The van der Waals surface area contributed by atoms with Gasteiger partial charge in [-0.3, -0.25) is 9.67 Å². The summed E-state index contributed by atoms with van der Waals surface area (Å²) in [6.45, 7) is 5.91. The quantitative estimate of drug-likeness (QED) is 0.288. The molecule has 0 aliphatic carbocycles. The summed E-state index contributed by atoms with van der Waals surface area (Å²) in [7, 11) is 3.73. The molecule has 134 valence electrons. The molecule has 24 heavy (non-hydrogen) atoms. The summed E-state index contributed by atoms with van der Waals surface area (Å²) in [6.07, 6.45) is 6.03. The highest BCUT2D eigenvalue weighted by atomic mass is 127. The monoisotopic (exact) mass is 462 g/mol. The molecule has 0 aliphatic heterocycles. The highest BCUT2D eigenvalue weighted by Crippen LogP contribution is 2.17. The van der Waals surface area contributed by atoms with Crippen molar-refractivity contribution in [3.8, 4) is 0 Å². The molecule has 0 aromatic carbocycles. The molecule has 0 radical (unpaired) electrons. The number of aliphatic imine (C=N–C) groups is 1. The summed E-state index contributed by atoms with van der Waals surface area (Å²) in [5.41, 5.74) is 2.42. The van der Waals surface area contributed by atoms with Gasteiger partial charge in [-0.05, 0) is 24.3 Å². The van der Waals surface area contributed by atoms with Gasteiger partial charge in [-0.15, -0.1) is 35.3 Å². The molecule has 0 spiro atoms. The maximum Gasteiger partial charge on any atom is 0.191 e. The van der Waals surface area contributed by atoms with Gasteiger partial charge in [0.25, 0.3) is 0 Å². The Bertz CT molecular complexity index is 634. The van der Waals surface area contributed by atoms with E-state index >= 15 is 0 Å². The molecular weight excluding hydrogens is 435 g/mol. The number of rotatable bonds is 7. The molecule has 0 fully saturated rings. The summed E-state index contributed by atoms with van der Waals surface area (Å²) >= 11 is 1.69. The fourth-order valence-electron chi connectivity index (χ4n) is 2.15. The zero-order valence-corrected chi connectivity index (χ0v) is 17.9. The average molecular weight is 462 g/mol. The highest BCUT2D eigenvalue weighted by Gasteiger charge is 2.06. The molecule has 0 unspecified atom stereocenters. The number of aromatic nitrogens is 3. The lowest BCUT2D eigenvalue weighted by Crippen LogP contribution is -2.37. The Kier molecular flexibility index (Phi) is 9.27. The SMILES string of the molecule is CN=C(NCCCc1cnn(C)c1)NCc1nc(C(C)C)cs1.I. The average Bonchev–Trinajstić information content (AvgIpc) is 3.15. The number of hydrogen-bond donors (Lipinski definition) is 2. The first kappa shape index (κ1) is 20.9. The molecule has 2 rings (SSSR count). The van der Waals surface area contributed by atoms with Crippen LogP contribution in [-0.2, 0) is 20.0 Å². The fourth-order valence-corrected chi connectivity index (χ4v) is 3.05. The van der Waals surface area contributed by atoms with Crippen molar-refractivity contribution < 1.29 is 0 Å². The standard InChI is InChI=1S/C16H26N6S.HI/c1-12(2)14-11-23-15(21-14)9-19-16(17-3)18-7-5-6-13-8-20-22(4)10-13;/h8,10-12H,5-7,9H2,1-4H3,(H2,17,18,19);1H. The Labute approximate surface area is 165 Å². The first-order chi connectivity index (χ1) is 11.1. The molecule has 8 heteroatoms. The van der Waals surface area contributed by atoms with Crippen molar-refractivity contribution >= 4 is 41.3 Å². The van der Waals surface area contributed by atoms with Crippen LogP contribution in [0.5, 0.6) is 0 Å². The zero-order chi connectivity index (χ0) is 16.7. The molecule has 6 nitrogen and oxygen atoms in total. The van der Waals surface area contributed by atoms with Gasteiger partial charge < -0.3 is 10.6 Å². The van der Waals surface area contributed by atoms with E-state index in [1.54, 1.807) is 18.4 Å². The Morgan fingerprint density at radius 3 is 2.75 bits per heavy atom. The lowest BCUT2D eigenvalue weighted by Gasteiger charge is -2.10. The van der Waals surface area contributed by atoms with Crippen molar-refractivity contribution in [2.24, 2.45) is 12.0 Å². The molecule has 0 bridgehead atoms. The summed E-state index contributed by atoms with van der Waals surface area (Å²) in [5, 5.41) is 14.0. The predicted molar refractivity (Wildman–Crippen MR) is 111 cm³/mol. The molecule has 2 aromatic rings. The van der Waals surface area contributed by atoms with Gasteiger partial charge >= 0.3 is 0 Å². The maximum atomic E-state index is 4.62. The topological polar surface area (TPSA) is 67.1 Å². The maximum absolute atomic E-state index is 4.62. The van der Waals surface area contributed by atoms with Crippen LogP contribution in [0.3, 0.4) is 0 Å². The van der Waals surface area contributed by atoms with E-state index in [1.165, 1.54) is 5.56 Å². The van der Waals surface area contributed by atoms with Gasteiger partial charge in [0, 0.05) is 32.2 Å². The van der Waals surface area contributed by atoms with E-state index < -0.39 is 0 Å². The second-order valence-electron chi connectivity index (χ2n) is 5.80. The van der Waals surface area contributed by atoms with Crippen LogP contribution < -0.4 is 10.6 Å². The fraction of sp³-hybridized carbons (Fsp3) is 0.562. The molecule has 0 atom stereocenters. The Morgan fingerprint density at radius 1 is 1.38 bits per heavy atom. The van der Waals surface area contributed by atoms with E-state index in [4.69, 9.17) is 0 Å². The Hall–Kier alpha value is -1.16.